The van der Waals surface area contributed by atoms with Gasteiger partial charge in [-0.3, -0.25) is 0 Å². The zero-order valence-corrected chi connectivity index (χ0v) is 13.0. The lowest BCUT2D eigenvalue weighted by atomic mass is 10.2. The molecule has 2 N–H and O–H groups in total. The van der Waals surface area contributed by atoms with Crippen molar-refractivity contribution in [3.8, 4) is 11.6 Å². The van der Waals surface area contributed by atoms with Crippen molar-refractivity contribution in [2.24, 2.45) is 0 Å². The molecule has 0 unspecified atom stereocenters. The second kappa shape index (κ2) is 6.01. The molecule has 0 radical (unpaired) electrons. The number of nitrogen functional groups attached to an aromatic ring is 1. The Hall–Kier alpha value is -1.63. The molecule has 0 saturated carbocycles. The zero-order valence-electron chi connectivity index (χ0n) is 10.7. The van der Waals surface area contributed by atoms with Crippen molar-refractivity contribution in [1.29, 1.82) is 0 Å². The van der Waals surface area contributed by atoms with Crippen LogP contribution < -0.4 is 5.84 Å². The number of furan rings is 1. The summed E-state index contributed by atoms with van der Waals surface area (Å²) in [5, 5.41) is 9.74. The number of hydrogen-bond donors (Lipinski definition) is 1. The lowest BCUT2D eigenvalue weighted by Gasteiger charge is -2.03. The van der Waals surface area contributed by atoms with Gasteiger partial charge in [0.15, 0.2) is 5.76 Å². The maximum Gasteiger partial charge on any atom is 0.218 e. The highest BCUT2D eigenvalue weighted by atomic mass is 35.5. The fraction of sp³-hybridized carbons (Fsp3) is 0.0769. The van der Waals surface area contributed by atoms with Crippen LogP contribution in [0.25, 0.3) is 11.6 Å². The van der Waals surface area contributed by atoms with Gasteiger partial charge in [-0.15, -0.1) is 10.2 Å². The molecule has 0 amide bonds. The number of benzene rings is 1. The third-order valence-corrected chi connectivity index (χ3v) is 4.51. The Bertz CT molecular complexity index is 758. The highest BCUT2D eigenvalue weighted by Gasteiger charge is 2.14. The highest BCUT2D eigenvalue weighted by Crippen LogP contribution is 2.28. The molecule has 0 aliphatic rings. The number of aromatic nitrogens is 3. The zero-order chi connectivity index (χ0) is 14.8. The number of nitrogens with two attached hydrogens (primary N) is 1. The predicted molar refractivity (Wildman–Crippen MR) is 83.9 cm³/mol. The Morgan fingerprint density at radius 2 is 2.05 bits per heavy atom. The fourth-order valence-corrected chi connectivity index (χ4v) is 2.85. The summed E-state index contributed by atoms with van der Waals surface area (Å²) in [6, 6.07) is 9.04. The van der Waals surface area contributed by atoms with E-state index in [0.717, 1.165) is 5.56 Å². The first-order chi connectivity index (χ1) is 10.1. The molecular weight excluding hydrogens is 331 g/mol. The summed E-state index contributed by atoms with van der Waals surface area (Å²) in [7, 11) is 0. The van der Waals surface area contributed by atoms with E-state index in [-0.39, 0.29) is 0 Å². The van der Waals surface area contributed by atoms with Crippen LogP contribution >= 0.6 is 35.0 Å². The van der Waals surface area contributed by atoms with Gasteiger partial charge in [0, 0.05) is 5.75 Å². The third kappa shape index (κ3) is 3.02. The average molecular weight is 341 g/mol. The van der Waals surface area contributed by atoms with Gasteiger partial charge in [-0.2, -0.15) is 0 Å². The first-order valence-electron chi connectivity index (χ1n) is 5.96. The van der Waals surface area contributed by atoms with E-state index in [9.17, 15) is 0 Å². The Morgan fingerprint density at radius 3 is 2.76 bits per heavy atom. The average Bonchev–Trinajstić information content (AvgIpc) is 3.10. The van der Waals surface area contributed by atoms with E-state index < -0.39 is 0 Å². The van der Waals surface area contributed by atoms with E-state index in [0.29, 0.717) is 32.5 Å². The summed E-state index contributed by atoms with van der Waals surface area (Å²) in [6.07, 6.45) is 1.56. The van der Waals surface area contributed by atoms with E-state index in [2.05, 4.69) is 10.2 Å². The van der Waals surface area contributed by atoms with Gasteiger partial charge < -0.3 is 10.3 Å². The molecule has 5 nitrogen and oxygen atoms in total. The Labute approximate surface area is 135 Å². The van der Waals surface area contributed by atoms with Crippen molar-refractivity contribution in [2.75, 3.05) is 5.84 Å². The lowest BCUT2D eigenvalue weighted by molar-refractivity contribution is 0.574. The molecule has 0 aliphatic heterocycles. The predicted octanol–water partition coefficient (Wildman–Crippen LogP) is 3.85. The number of hydrogen-bond acceptors (Lipinski definition) is 5. The number of nitrogens with zero attached hydrogens (tertiary/aromatic N) is 3. The van der Waals surface area contributed by atoms with Crippen LogP contribution in [0, 0.1) is 0 Å². The van der Waals surface area contributed by atoms with E-state index in [1.54, 1.807) is 24.5 Å². The Balaban J connectivity index is 1.75. The third-order valence-electron chi connectivity index (χ3n) is 2.76. The van der Waals surface area contributed by atoms with Gasteiger partial charge in [-0.25, -0.2) is 4.68 Å². The van der Waals surface area contributed by atoms with Crippen molar-refractivity contribution in [2.45, 2.75) is 10.9 Å². The number of halogens is 2. The molecule has 2 aromatic heterocycles. The first-order valence-corrected chi connectivity index (χ1v) is 7.70. The fourth-order valence-electron chi connectivity index (χ4n) is 1.73. The number of thioether (sulfide) groups is 1. The first kappa shape index (κ1) is 14.3. The molecule has 0 saturated heterocycles. The summed E-state index contributed by atoms with van der Waals surface area (Å²) in [5.74, 6) is 7.69. The van der Waals surface area contributed by atoms with Gasteiger partial charge in [0.05, 0.1) is 16.3 Å². The summed E-state index contributed by atoms with van der Waals surface area (Å²) >= 11 is 13.3. The van der Waals surface area contributed by atoms with E-state index in [1.807, 2.05) is 12.1 Å². The maximum absolute atomic E-state index is 5.99. The smallest absolute Gasteiger partial charge is 0.218 e. The van der Waals surface area contributed by atoms with Crippen LogP contribution in [-0.2, 0) is 5.75 Å². The normalized spacial score (nSPS) is 11.0. The summed E-state index contributed by atoms with van der Waals surface area (Å²) < 4.78 is 6.66. The molecule has 0 spiro atoms. The van der Waals surface area contributed by atoms with Gasteiger partial charge in [-0.05, 0) is 29.8 Å². The van der Waals surface area contributed by atoms with E-state index in [4.69, 9.17) is 33.5 Å². The van der Waals surface area contributed by atoms with Gasteiger partial charge in [0.1, 0.15) is 0 Å². The molecule has 3 aromatic rings. The van der Waals surface area contributed by atoms with Crippen molar-refractivity contribution < 1.29 is 4.42 Å². The molecule has 0 aliphatic carbocycles. The standard InChI is InChI=1S/C13H10Cl2N4OS/c14-9-4-3-8(6-10(9)15)7-21-13-18-17-12(19(13)16)11-2-1-5-20-11/h1-6H,7,16H2. The van der Waals surface area contributed by atoms with Crippen molar-refractivity contribution in [1.82, 2.24) is 14.9 Å². The molecule has 2 heterocycles. The van der Waals surface area contributed by atoms with Crippen molar-refractivity contribution >= 4 is 35.0 Å². The molecule has 0 fully saturated rings. The minimum Gasteiger partial charge on any atom is -0.461 e. The molecule has 3 rings (SSSR count). The topological polar surface area (TPSA) is 69.9 Å². The van der Waals surface area contributed by atoms with Crippen LogP contribution in [0.5, 0.6) is 0 Å². The lowest BCUT2D eigenvalue weighted by Crippen LogP contribution is -2.11. The van der Waals surface area contributed by atoms with Crippen LogP contribution in [0.1, 0.15) is 5.56 Å². The van der Waals surface area contributed by atoms with Crippen molar-refractivity contribution in [3.05, 3.63) is 52.2 Å². The molecule has 1 aromatic carbocycles. The van der Waals surface area contributed by atoms with Crippen LogP contribution in [0.3, 0.4) is 0 Å². The maximum atomic E-state index is 5.99. The quantitative estimate of drug-likeness (QED) is 0.577. The summed E-state index contributed by atoms with van der Waals surface area (Å²) in [4.78, 5) is 0. The second-order valence-corrected chi connectivity index (χ2v) is 5.95. The molecule has 8 heteroatoms. The SMILES string of the molecule is Nn1c(SCc2ccc(Cl)c(Cl)c2)nnc1-c1ccco1. The van der Waals surface area contributed by atoms with Crippen LogP contribution in [-0.4, -0.2) is 14.9 Å². The number of rotatable bonds is 4. The summed E-state index contributed by atoms with van der Waals surface area (Å²) in [5.41, 5.74) is 1.02. The molecule has 21 heavy (non-hydrogen) atoms. The van der Waals surface area contributed by atoms with Gasteiger partial charge in [-0.1, -0.05) is 41.0 Å². The van der Waals surface area contributed by atoms with E-state index in [1.165, 1.54) is 16.4 Å². The summed E-state index contributed by atoms with van der Waals surface area (Å²) in [6.45, 7) is 0. The minimum atomic E-state index is 0.483. The second-order valence-electron chi connectivity index (χ2n) is 4.19. The van der Waals surface area contributed by atoms with Crippen LogP contribution in [0.2, 0.25) is 10.0 Å². The molecule has 0 atom stereocenters. The highest BCUT2D eigenvalue weighted by molar-refractivity contribution is 7.98. The van der Waals surface area contributed by atoms with Crippen LogP contribution in [0.4, 0.5) is 0 Å². The van der Waals surface area contributed by atoms with Crippen LogP contribution in [0.15, 0.2) is 46.2 Å². The van der Waals surface area contributed by atoms with Crippen molar-refractivity contribution in [3.63, 3.8) is 0 Å². The molecule has 108 valence electrons. The molecule has 0 bridgehead atoms. The van der Waals surface area contributed by atoms with E-state index >= 15 is 0 Å². The largest absolute Gasteiger partial charge is 0.461 e. The van der Waals surface area contributed by atoms with Gasteiger partial charge in [0.25, 0.3) is 0 Å². The monoisotopic (exact) mass is 340 g/mol. The van der Waals surface area contributed by atoms with Gasteiger partial charge >= 0.3 is 0 Å². The molecular formula is C13H10Cl2N4OS. The Kier molecular flexibility index (Phi) is 4.10. The Morgan fingerprint density at radius 1 is 1.19 bits per heavy atom. The van der Waals surface area contributed by atoms with Gasteiger partial charge in [0.2, 0.25) is 11.0 Å². The minimum absolute atomic E-state index is 0.483.